The van der Waals surface area contributed by atoms with Crippen LogP contribution in [0, 0.1) is 13.8 Å². The Bertz CT molecular complexity index is 1120. The summed E-state index contributed by atoms with van der Waals surface area (Å²) in [7, 11) is 0. The van der Waals surface area contributed by atoms with E-state index in [0.29, 0.717) is 0 Å². The first-order chi connectivity index (χ1) is 18.9. The topological polar surface area (TPSA) is 25.3 Å². The predicted molar refractivity (Wildman–Crippen MR) is 170 cm³/mol. The van der Waals surface area contributed by atoms with E-state index in [9.17, 15) is 5.53 Å². The van der Waals surface area contributed by atoms with Gasteiger partial charge >= 0.3 is 0 Å². The molecule has 212 valence electrons. The minimum atomic E-state index is 1.02. The van der Waals surface area contributed by atoms with Gasteiger partial charge in [-0.15, -0.1) is 0 Å². The summed E-state index contributed by atoms with van der Waals surface area (Å²) < 4.78 is 1.59. The minimum absolute atomic E-state index is 1.02. The monoisotopic (exact) mass is 526 g/mol. The van der Waals surface area contributed by atoms with E-state index in [1.54, 1.807) is 4.70 Å². The van der Waals surface area contributed by atoms with Crippen LogP contribution in [-0.4, -0.2) is 4.70 Å². The van der Waals surface area contributed by atoms with Crippen LogP contribution >= 0.6 is 0 Å². The zero-order valence-corrected chi connectivity index (χ0v) is 26.0. The maximum absolute atomic E-state index is 12.1. The van der Waals surface area contributed by atoms with Crippen LogP contribution in [0.1, 0.15) is 145 Å². The lowest BCUT2D eigenvalue weighted by atomic mass is 9.90. The lowest BCUT2D eigenvalue weighted by Crippen LogP contribution is -2.04. The molecule has 0 aromatic heterocycles. The van der Waals surface area contributed by atoms with Crippen molar-refractivity contribution in [3.63, 3.8) is 0 Å². The number of hydrogen-bond donors (Lipinski definition) is 0. The highest BCUT2D eigenvalue weighted by atomic mass is 15.2. The number of unbranched alkanes of at least 4 members (excludes halogenated alkanes) is 7. The van der Waals surface area contributed by atoms with E-state index in [-0.39, 0.29) is 0 Å². The van der Waals surface area contributed by atoms with Crippen LogP contribution in [0.2, 0.25) is 0 Å². The SMILES string of the molecule is CCCCCCC1=C(c2cc(C)cc(C)c2)[N+](=[N-])C(c2cc(CCCC)cc(CCCC)c2)=C1CCCCC. The smallest absolute Gasteiger partial charge is 0.211 e. The Kier molecular flexibility index (Phi) is 12.7. The van der Waals surface area contributed by atoms with Crippen LogP contribution in [-0.2, 0) is 12.8 Å². The second kappa shape index (κ2) is 15.9. The molecule has 0 unspecified atom stereocenters. The molecule has 0 spiro atoms. The van der Waals surface area contributed by atoms with Crippen LogP contribution in [0.25, 0.3) is 16.9 Å². The fourth-order valence-electron chi connectivity index (χ4n) is 6.13. The van der Waals surface area contributed by atoms with Crippen molar-refractivity contribution < 1.29 is 4.70 Å². The molecule has 2 heteroatoms. The predicted octanol–water partition coefficient (Wildman–Crippen LogP) is 11.7. The third-order valence-corrected chi connectivity index (χ3v) is 8.13. The zero-order valence-electron chi connectivity index (χ0n) is 26.0. The number of hydrogen-bond acceptors (Lipinski definition) is 0. The highest BCUT2D eigenvalue weighted by Gasteiger charge is 2.35. The van der Waals surface area contributed by atoms with Crippen molar-refractivity contribution in [2.24, 2.45) is 0 Å². The van der Waals surface area contributed by atoms with Gasteiger partial charge in [-0.05, 0) is 101 Å². The molecule has 0 fully saturated rings. The quantitative estimate of drug-likeness (QED) is 0.145. The van der Waals surface area contributed by atoms with E-state index in [0.717, 1.165) is 42.6 Å². The molecule has 1 aliphatic rings. The molecule has 1 aliphatic heterocycles. The van der Waals surface area contributed by atoms with E-state index in [2.05, 4.69) is 77.9 Å². The van der Waals surface area contributed by atoms with Gasteiger partial charge in [0.05, 0.1) is 0 Å². The Morgan fingerprint density at radius 1 is 0.487 bits per heavy atom. The molecule has 3 rings (SSSR count). The Morgan fingerprint density at radius 3 is 1.41 bits per heavy atom. The van der Waals surface area contributed by atoms with Crippen LogP contribution in [0.3, 0.4) is 0 Å². The molecule has 0 bridgehead atoms. The lowest BCUT2D eigenvalue weighted by Gasteiger charge is -2.14. The summed E-state index contributed by atoms with van der Waals surface area (Å²) in [4.78, 5) is 0. The Morgan fingerprint density at radius 2 is 0.923 bits per heavy atom. The van der Waals surface area contributed by atoms with Gasteiger partial charge in [-0.2, -0.15) is 0 Å². The summed E-state index contributed by atoms with van der Waals surface area (Å²) in [6, 6.07) is 13.9. The van der Waals surface area contributed by atoms with Crippen LogP contribution in [0.15, 0.2) is 47.5 Å². The van der Waals surface area contributed by atoms with Crippen LogP contribution in [0.5, 0.6) is 0 Å². The summed E-state index contributed by atoms with van der Waals surface area (Å²) in [6.45, 7) is 13.4. The first-order valence-corrected chi connectivity index (χ1v) is 16.1. The highest BCUT2D eigenvalue weighted by Crippen LogP contribution is 2.45. The first kappa shape index (κ1) is 31.1. The highest BCUT2D eigenvalue weighted by molar-refractivity contribution is 5.82. The number of allylic oxidation sites excluding steroid dienone is 2. The van der Waals surface area contributed by atoms with E-state index in [1.165, 1.54) is 110 Å². The first-order valence-electron chi connectivity index (χ1n) is 16.1. The van der Waals surface area contributed by atoms with Crippen molar-refractivity contribution in [1.82, 2.24) is 0 Å². The summed E-state index contributed by atoms with van der Waals surface area (Å²) in [5.41, 5.74) is 24.6. The molecular formula is C37H54N2. The molecule has 0 saturated carbocycles. The van der Waals surface area contributed by atoms with Crippen LogP contribution in [0.4, 0.5) is 0 Å². The molecule has 39 heavy (non-hydrogen) atoms. The fourth-order valence-corrected chi connectivity index (χ4v) is 6.13. The number of nitrogens with zero attached hydrogens (tertiary/aromatic N) is 2. The van der Waals surface area contributed by atoms with E-state index in [4.69, 9.17) is 0 Å². The molecule has 0 N–H and O–H groups in total. The molecular weight excluding hydrogens is 472 g/mol. The van der Waals surface area contributed by atoms with Crippen molar-refractivity contribution in [3.05, 3.63) is 86.5 Å². The van der Waals surface area contributed by atoms with Gasteiger partial charge in [-0.1, -0.05) is 95.9 Å². The molecule has 0 radical (unpaired) electrons. The molecule has 2 nitrogen and oxygen atoms in total. The van der Waals surface area contributed by atoms with Crippen molar-refractivity contribution in [3.8, 4) is 0 Å². The van der Waals surface area contributed by atoms with Gasteiger partial charge in [0.15, 0.2) is 0 Å². The molecule has 0 amide bonds. The summed E-state index contributed by atoms with van der Waals surface area (Å²) in [6.07, 6.45) is 17.6. The van der Waals surface area contributed by atoms with E-state index < -0.39 is 0 Å². The van der Waals surface area contributed by atoms with Crippen molar-refractivity contribution in [1.29, 1.82) is 0 Å². The maximum atomic E-state index is 12.1. The Hall–Kier alpha value is -2.48. The Balaban J connectivity index is 2.19. The Labute approximate surface area is 240 Å². The molecule has 1 heterocycles. The maximum Gasteiger partial charge on any atom is 0.211 e. The second-order valence-corrected chi connectivity index (χ2v) is 11.9. The second-order valence-electron chi connectivity index (χ2n) is 11.9. The van der Waals surface area contributed by atoms with Gasteiger partial charge in [0.25, 0.3) is 0 Å². The van der Waals surface area contributed by atoms with E-state index in [1.807, 2.05) is 0 Å². The number of benzene rings is 2. The molecule has 2 aromatic rings. The summed E-state index contributed by atoms with van der Waals surface area (Å²) >= 11 is 0. The molecule has 0 aliphatic carbocycles. The van der Waals surface area contributed by atoms with E-state index >= 15 is 0 Å². The van der Waals surface area contributed by atoms with Crippen LogP contribution < -0.4 is 0 Å². The van der Waals surface area contributed by atoms with Gasteiger partial charge in [0.1, 0.15) is 0 Å². The number of aryl methyl sites for hydroxylation is 4. The zero-order chi connectivity index (χ0) is 28.2. The van der Waals surface area contributed by atoms with Crippen molar-refractivity contribution in [2.45, 2.75) is 138 Å². The van der Waals surface area contributed by atoms with Crippen molar-refractivity contribution in [2.75, 3.05) is 0 Å². The van der Waals surface area contributed by atoms with Crippen molar-refractivity contribution >= 4 is 11.4 Å². The lowest BCUT2D eigenvalue weighted by molar-refractivity contribution is -0.345. The third kappa shape index (κ3) is 8.50. The normalized spacial score (nSPS) is 13.7. The summed E-state index contributed by atoms with van der Waals surface area (Å²) in [5, 5.41) is 0. The van der Waals surface area contributed by atoms with Gasteiger partial charge in [0.2, 0.25) is 11.4 Å². The van der Waals surface area contributed by atoms with Gasteiger partial charge in [0, 0.05) is 22.3 Å². The minimum Gasteiger partial charge on any atom is -0.493 e. The summed E-state index contributed by atoms with van der Waals surface area (Å²) in [5.74, 6) is 0. The van der Waals surface area contributed by atoms with Gasteiger partial charge in [-0.3, -0.25) is 0 Å². The molecule has 2 aromatic carbocycles. The standard InChI is InChI=1S/C37H54N2/c1-7-11-15-17-21-35-34(20-16-12-8-2)37(39(38)36(35)32-23-28(5)22-29(6)24-32)33-26-30(18-13-9-3)25-31(27-33)19-14-10-4/h22-27H,7-21H2,1-6H3. The number of rotatable bonds is 17. The third-order valence-electron chi connectivity index (χ3n) is 8.13. The fraction of sp³-hybridized carbons (Fsp3) is 0.568. The average molecular weight is 527 g/mol. The molecule has 0 atom stereocenters. The average Bonchev–Trinajstić information content (AvgIpc) is 3.19. The van der Waals surface area contributed by atoms with Gasteiger partial charge in [-0.25, -0.2) is 4.70 Å². The largest absolute Gasteiger partial charge is 0.493 e. The van der Waals surface area contributed by atoms with Gasteiger partial charge < -0.3 is 5.53 Å². The molecule has 0 saturated heterocycles.